The standard InChI is InChI=1S/C16H30FN3O/c1-18-13-14(12-16(17)8-4-2-5-9-16)19-15(21)20-10-6-3-7-11-20/h14,18H,2-13H2,1H3,(H,19,21)/t14-/m0/s1. The zero-order valence-electron chi connectivity index (χ0n) is 13.3. The van der Waals surface area contributed by atoms with Crippen LogP contribution in [-0.4, -0.2) is 49.3 Å². The van der Waals surface area contributed by atoms with Crippen molar-refractivity contribution in [2.45, 2.75) is 69.5 Å². The van der Waals surface area contributed by atoms with E-state index < -0.39 is 5.67 Å². The van der Waals surface area contributed by atoms with Gasteiger partial charge in [-0.2, -0.15) is 0 Å². The molecule has 0 aromatic rings. The van der Waals surface area contributed by atoms with Gasteiger partial charge in [-0.15, -0.1) is 0 Å². The molecule has 1 aliphatic carbocycles. The molecule has 2 amide bonds. The maximum absolute atomic E-state index is 14.8. The Morgan fingerprint density at radius 1 is 1.14 bits per heavy atom. The molecule has 1 saturated heterocycles. The molecule has 5 heteroatoms. The minimum atomic E-state index is -1.09. The second-order valence-electron chi connectivity index (χ2n) is 6.67. The summed E-state index contributed by atoms with van der Waals surface area (Å²) in [7, 11) is 1.85. The van der Waals surface area contributed by atoms with Gasteiger partial charge in [0, 0.05) is 32.1 Å². The largest absolute Gasteiger partial charge is 0.334 e. The van der Waals surface area contributed by atoms with Gasteiger partial charge in [0.25, 0.3) is 0 Å². The predicted octanol–water partition coefficient (Wildman–Crippen LogP) is 2.83. The van der Waals surface area contributed by atoms with Gasteiger partial charge in [0.15, 0.2) is 0 Å². The van der Waals surface area contributed by atoms with E-state index in [1.807, 2.05) is 11.9 Å². The zero-order valence-corrected chi connectivity index (χ0v) is 13.3. The number of likely N-dealkylation sites (tertiary alicyclic amines) is 1. The van der Waals surface area contributed by atoms with E-state index in [1.165, 1.54) is 6.42 Å². The van der Waals surface area contributed by atoms with Crippen molar-refractivity contribution in [1.82, 2.24) is 15.5 Å². The molecule has 0 unspecified atom stereocenters. The van der Waals surface area contributed by atoms with E-state index in [0.29, 0.717) is 25.8 Å². The topological polar surface area (TPSA) is 44.4 Å². The smallest absolute Gasteiger partial charge is 0.317 e. The molecule has 1 atom stereocenters. The summed E-state index contributed by atoms with van der Waals surface area (Å²) < 4.78 is 14.8. The van der Waals surface area contributed by atoms with E-state index in [1.54, 1.807) is 0 Å². The molecule has 0 aromatic carbocycles. The van der Waals surface area contributed by atoms with Crippen LogP contribution in [0.15, 0.2) is 0 Å². The van der Waals surface area contributed by atoms with Crippen molar-refractivity contribution in [2.24, 2.45) is 0 Å². The number of nitrogens with one attached hydrogen (secondary N) is 2. The Labute approximate surface area is 127 Å². The number of carbonyl (C=O) groups is 1. The second-order valence-corrected chi connectivity index (χ2v) is 6.67. The van der Waals surface area contributed by atoms with Crippen molar-refractivity contribution in [3.63, 3.8) is 0 Å². The molecular weight excluding hydrogens is 269 g/mol. The summed E-state index contributed by atoms with van der Waals surface area (Å²) in [5.74, 6) is 0. The molecule has 0 spiro atoms. The normalized spacial score (nSPS) is 23.6. The van der Waals surface area contributed by atoms with E-state index in [0.717, 1.165) is 45.2 Å². The second kappa shape index (κ2) is 7.97. The Kier molecular flexibility index (Phi) is 6.27. The van der Waals surface area contributed by atoms with Gasteiger partial charge in [-0.25, -0.2) is 9.18 Å². The summed E-state index contributed by atoms with van der Waals surface area (Å²) in [5.41, 5.74) is -1.09. The lowest BCUT2D eigenvalue weighted by Crippen LogP contribution is -2.51. The number of hydrogen-bond donors (Lipinski definition) is 2. The lowest BCUT2D eigenvalue weighted by Gasteiger charge is -2.35. The predicted molar refractivity (Wildman–Crippen MR) is 83.2 cm³/mol. The van der Waals surface area contributed by atoms with Crippen LogP contribution in [0.1, 0.15) is 57.8 Å². The highest BCUT2D eigenvalue weighted by Gasteiger charge is 2.35. The Balaban J connectivity index is 1.86. The molecule has 2 aliphatic rings. The van der Waals surface area contributed by atoms with Crippen LogP contribution in [0.3, 0.4) is 0 Å². The van der Waals surface area contributed by atoms with E-state index in [4.69, 9.17) is 0 Å². The average Bonchev–Trinajstić information content (AvgIpc) is 2.48. The van der Waals surface area contributed by atoms with Gasteiger partial charge in [0.1, 0.15) is 5.67 Å². The van der Waals surface area contributed by atoms with Crippen LogP contribution in [-0.2, 0) is 0 Å². The van der Waals surface area contributed by atoms with Crippen LogP contribution in [0.2, 0.25) is 0 Å². The minimum absolute atomic E-state index is 0.0191. The van der Waals surface area contributed by atoms with Gasteiger partial charge >= 0.3 is 6.03 Å². The first-order valence-electron chi connectivity index (χ1n) is 8.52. The van der Waals surface area contributed by atoms with Crippen LogP contribution < -0.4 is 10.6 Å². The van der Waals surface area contributed by atoms with Gasteiger partial charge in [-0.1, -0.05) is 19.3 Å². The SMILES string of the molecule is CNC[C@H](CC1(F)CCCCC1)NC(=O)N1CCCCC1. The highest BCUT2D eigenvalue weighted by Crippen LogP contribution is 2.35. The number of nitrogens with zero attached hydrogens (tertiary/aromatic N) is 1. The first-order valence-corrected chi connectivity index (χ1v) is 8.52. The molecule has 1 aliphatic heterocycles. The van der Waals surface area contributed by atoms with Gasteiger partial charge in [-0.05, 0) is 39.2 Å². The maximum atomic E-state index is 14.8. The Hall–Kier alpha value is -0.840. The van der Waals surface area contributed by atoms with Crippen LogP contribution >= 0.6 is 0 Å². The van der Waals surface area contributed by atoms with Gasteiger partial charge < -0.3 is 15.5 Å². The number of hydrogen-bond acceptors (Lipinski definition) is 2. The van der Waals surface area contributed by atoms with Gasteiger partial charge in [0.2, 0.25) is 0 Å². The molecule has 1 heterocycles. The van der Waals surface area contributed by atoms with Crippen molar-refractivity contribution in [3.8, 4) is 0 Å². The Bertz CT molecular complexity index is 325. The number of halogens is 1. The first kappa shape index (κ1) is 16.5. The summed E-state index contributed by atoms with van der Waals surface area (Å²) in [6.07, 6.45) is 8.19. The highest BCUT2D eigenvalue weighted by atomic mass is 19.1. The summed E-state index contributed by atoms with van der Waals surface area (Å²) in [4.78, 5) is 14.2. The molecule has 0 aromatic heterocycles. The number of amides is 2. The molecule has 2 N–H and O–H groups in total. The molecule has 4 nitrogen and oxygen atoms in total. The van der Waals surface area contributed by atoms with E-state index >= 15 is 0 Å². The Morgan fingerprint density at radius 2 is 1.76 bits per heavy atom. The fourth-order valence-corrected chi connectivity index (χ4v) is 3.61. The molecule has 122 valence electrons. The molecule has 21 heavy (non-hydrogen) atoms. The lowest BCUT2D eigenvalue weighted by molar-refractivity contribution is 0.0824. The molecule has 1 saturated carbocycles. The summed E-state index contributed by atoms with van der Waals surface area (Å²) in [5, 5.41) is 6.13. The van der Waals surface area contributed by atoms with Crippen molar-refractivity contribution >= 4 is 6.03 Å². The quantitative estimate of drug-likeness (QED) is 0.820. The summed E-state index contributed by atoms with van der Waals surface area (Å²) in [6, 6.07) is -0.137. The minimum Gasteiger partial charge on any atom is -0.334 e. The third-order valence-electron chi connectivity index (χ3n) is 4.78. The van der Waals surface area contributed by atoms with Crippen LogP contribution in [0.4, 0.5) is 9.18 Å². The molecule has 0 bridgehead atoms. The number of likely N-dealkylation sites (N-methyl/N-ethyl adjacent to an activating group) is 1. The fourth-order valence-electron chi connectivity index (χ4n) is 3.61. The fraction of sp³-hybridized carbons (Fsp3) is 0.938. The maximum Gasteiger partial charge on any atom is 0.317 e. The highest BCUT2D eigenvalue weighted by molar-refractivity contribution is 5.74. The molecule has 0 radical (unpaired) electrons. The van der Waals surface area contributed by atoms with Crippen LogP contribution in [0, 0.1) is 0 Å². The number of piperidine rings is 1. The Morgan fingerprint density at radius 3 is 2.38 bits per heavy atom. The van der Waals surface area contributed by atoms with Crippen LogP contribution in [0.25, 0.3) is 0 Å². The van der Waals surface area contributed by atoms with E-state index in [9.17, 15) is 9.18 Å². The summed E-state index contributed by atoms with van der Waals surface area (Å²) in [6.45, 7) is 2.29. The number of urea groups is 1. The van der Waals surface area contributed by atoms with Crippen molar-refractivity contribution in [1.29, 1.82) is 0 Å². The number of alkyl halides is 1. The zero-order chi connectivity index (χ0) is 15.1. The summed E-state index contributed by atoms with van der Waals surface area (Å²) >= 11 is 0. The average molecular weight is 299 g/mol. The van der Waals surface area contributed by atoms with E-state index in [2.05, 4.69) is 10.6 Å². The molecule has 2 rings (SSSR count). The third-order valence-corrected chi connectivity index (χ3v) is 4.78. The third kappa shape index (κ3) is 5.13. The van der Waals surface area contributed by atoms with E-state index in [-0.39, 0.29) is 12.1 Å². The van der Waals surface area contributed by atoms with Gasteiger partial charge in [-0.3, -0.25) is 0 Å². The van der Waals surface area contributed by atoms with Crippen molar-refractivity contribution < 1.29 is 9.18 Å². The first-order chi connectivity index (χ1) is 10.1. The monoisotopic (exact) mass is 299 g/mol. The van der Waals surface area contributed by atoms with Crippen molar-refractivity contribution in [3.05, 3.63) is 0 Å². The molecule has 2 fully saturated rings. The van der Waals surface area contributed by atoms with Gasteiger partial charge in [0.05, 0.1) is 0 Å². The number of carbonyl (C=O) groups excluding carboxylic acids is 1. The number of rotatable bonds is 5. The lowest BCUT2D eigenvalue weighted by atomic mass is 9.82. The van der Waals surface area contributed by atoms with Crippen molar-refractivity contribution in [2.75, 3.05) is 26.7 Å². The van der Waals surface area contributed by atoms with Crippen LogP contribution in [0.5, 0.6) is 0 Å². The molecular formula is C16H30FN3O.